The summed E-state index contributed by atoms with van der Waals surface area (Å²) in [5, 5.41) is 0.624. The summed E-state index contributed by atoms with van der Waals surface area (Å²) < 4.78 is 17.9. The molecular formula is C17H26N2O3S. The summed E-state index contributed by atoms with van der Waals surface area (Å²) in [4.78, 5) is 18.1. The zero-order valence-corrected chi connectivity index (χ0v) is 15.2. The van der Waals surface area contributed by atoms with E-state index in [-0.39, 0.29) is 12.0 Å². The van der Waals surface area contributed by atoms with Crippen LogP contribution in [-0.4, -0.2) is 44.6 Å². The fourth-order valence-electron chi connectivity index (χ4n) is 2.63. The fraction of sp³-hybridized carbons (Fsp3) is 0.647. The Labute approximate surface area is 140 Å². The van der Waals surface area contributed by atoms with E-state index < -0.39 is 16.4 Å². The van der Waals surface area contributed by atoms with Gasteiger partial charge in [0.15, 0.2) is 0 Å². The van der Waals surface area contributed by atoms with Crippen molar-refractivity contribution in [1.82, 2.24) is 9.88 Å². The lowest BCUT2D eigenvalue weighted by atomic mass is 10.0. The first-order chi connectivity index (χ1) is 10.7. The first-order valence-electron chi connectivity index (χ1n) is 8.03. The number of hydrogen-bond acceptors (Lipinski definition) is 4. The Bertz CT molecular complexity index is 583. The van der Waals surface area contributed by atoms with Gasteiger partial charge >= 0.3 is 6.09 Å². The number of aryl methyl sites for hydroxylation is 1. The maximum atomic E-state index is 12.5. The second-order valence-corrected chi connectivity index (χ2v) is 8.56. The summed E-state index contributed by atoms with van der Waals surface area (Å²) in [7, 11) is -1.13. The number of ether oxygens (including phenoxy) is 1. The van der Waals surface area contributed by atoms with Crippen molar-refractivity contribution in [1.29, 1.82) is 0 Å². The molecule has 0 radical (unpaired) electrons. The van der Waals surface area contributed by atoms with Crippen LogP contribution in [0.25, 0.3) is 0 Å². The van der Waals surface area contributed by atoms with Gasteiger partial charge in [0.05, 0.1) is 10.8 Å². The van der Waals surface area contributed by atoms with Crippen molar-refractivity contribution in [3.05, 3.63) is 23.9 Å². The van der Waals surface area contributed by atoms with Gasteiger partial charge in [-0.05, 0) is 64.2 Å². The summed E-state index contributed by atoms with van der Waals surface area (Å²) in [5.74, 6) is 0.759. The molecule has 2 rings (SSSR count). The zero-order valence-electron chi connectivity index (χ0n) is 14.4. The van der Waals surface area contributed by atoms with Crippen LogP contribution in [0.2, 0.25) is 0 Å². The molecule has 0 N–H and O–H groups in total. The minimum absolute atomic E-state index is 0.222. The molecule has 0 aromatic carbocycles. The standard InChI is InChI=1S/C17H26N2O3S/c1-13-7-8-18-15(10-13)23(21)12-14-6-5-9-19(11-14)16(20)22-17(2,3)4/h7-8,10,14H,5-6,9,11-12H2,1-4H3/t14-,23+/m1/s1. The van der Waals surface area contributed by atoms with Crippen LogP contribution in [-0.2, 0) is 15.5 Å². The van der Waals surface area contributed by atoms with Gasteiger partial charge in [-0.15, -0.1) is 0 Å². The van der Waals surface area contributed by atoms with Crippen LogP contribution >= 0.6 is 0 Å². The molecule has 1 aromatic rings. The number of carbonyl (C=O) groups is 1. The van der Waals surface area contributed by atoms with Gasteiger partial charge in [0, 0.05) is 25.0 Å². The van der Waals surface area contributed by atoms with Crippen molar-refractivity contribution < 1.29 is 13.7 Å². The molecule has 0 unspecified atom stereocenters. The van der Waals surface area contributed by atoms with Crippen molar-refractivity contribution in [2.45, 2.75) is 51.2 Å². The summed E-state index contributed by atoms with van der Waals surface area (Å²) in [6, 6.07) is 3.76. The normalized spacial score (nSPS) is 20.2. The van der Waals surface area contributed by atoms with Gasteiger partial charge in [-0.1, -0.05) is 0 Å². The molecule has 1 aromatic heterocycles. The van der Waals surface area contributed by atoms with Gasteiger partial charge in [0.2, 0.25) is 0 Å². The third-order valence-corrected chi connectivity index (χ3v) is 5.15. The molecule has 0 spiro atoms. The first kappa shape index (κ1) is 17.9. The number of likely N-dealkylation sites (tertiary alicyclic amines) is 1. The van der Waals surface area contributed by atoms with E-state index in [1.165, 1.54) is 0 Å². The molecule has 1 aliphatic rings. The van der Waals surface area contributed by atoms with Crippen LogP contribution in [0.4, 0.5) is 4.79 Å². The largest absolute Gasteiger partial charge is 0.444 e. The topological polar surface area (TPSA) is 59.5 Å². The molecule has 6 heteroatoms. The maximum absolute atomic E-state index is 12.5. The van der Waals surface area contributed by atoms with Gasteiger partial charge in [0.25, 0.3) is 0 Å². The minimum Gasteiger partial charge on any atom is -0.444 e. The molecular weight excluding hydrogens is 312 g/mol. The van der Waals surface area contributed by atoms with Crippen LogP contribution in [0.5, 0.6) is 0 Å². The number of carbonyl (C=O) groups excluding carboxylic acids is 1. The third-order valence-electron chi connectivity index (χ3n) is 3.68. The number of rotatable bonds is 3. The Morgan fingerprint density at radius 3 is 2.87 bits per heavy atom. The van der Waals surface area contributed by atoms with E-state index in [4.69, 9.17) is 4.74 Å². The summed E-state index contributed by atoms with van der Waals surface area (Å²) in [6.07, 6.45) is 3.32. The molecule has 1 aliphatic heterocycles. The Morgan fingerprint density at radius 2 is 2.22 bits per heavy atom. The number of nitrogens with zero attached hydrogens (tertiary/aromatic N) is 2. The quantitative estimate of drug-likeness (QED) is 0.849. The molecule has 23 heavy (non-hydrogen) atoms. The van der Waals surface area contributed by atoms with E-state index in [0.717, 1.165) is 18.4 Å². The molecule has 1 saturated heterocycles. The average Bonchev–Trinajstić information content (AvgIpc) is 2.45. The highest BCUT2D eigenvalue weighted by Gasteiger charge is 2.28. The predicted molar refractivity (Wildman–Crippen MR) is 90.8 cm³/mol. The monoisotopic (exact) mass is 338 g/mol. The lowest BCUT2D eigenvalue weighted by molar-refractivity contribution is 0.0176. The maximum Gasteiger partial charge on any atom is 0.410 e. The molecule has 5 nitrogen and oxygen atoms in total. The lowest BCUT2D eigenvalue weighted by Crippen LogP contribution is -2.44. The van der Waals surface area contributed by atoms with Gasteiger partial charge in [-0.25, -0.2) is 9.78 Å². The van der Waals surface area contributed by atoms with E-state index in [1.54, 1.807) is 11.1 Å². The Hall–Kier alpha value is -1.43. The van der Waals surface area contributed by atoms with Crippen molar-refractivity contribution in [2.75, 3.05) is 18.8 Å². The van der Waals surface area contributed by atoms with Crippen molar-refractivity contribution >= 4 is 16.9 Å². The number of aromatic nitrogens is 1. The molecule has 0 saturated carbocycles. The van der Waals surface area contributed by atoms with Crippen molar-refractivity contribution in [2.24, 2.45) is 5.92 Å². The summed E-state index contributed by atoms with van der Waals surface area (Å²) in [5.41, 5.74) is 0.570. The van der Waals surface area contributed by atoms with E-state index >= 15 is 0 Å². The van der Waals surface area contributed by atoms with Gasteiger partial charge in [0.1, 0.15) is 10.6 Å². The van der Waals surface area contributed by atoms with Crippen LogP contribution in [0.1, 0.15) is 39.2 Å². The Balaban J connectivity index is 1.93. The Morgan fingerprint density at radius 1 is 1.48 bits per heavy atom. The second-order valence-electron chi connectivity index (χ2n) is 7.12. The molecule has 2 atom stereocenters. The van der Waals surface area contributed by atoms with Crippen LogP contribution in [0, 0.1) is 12.8 Å². The molecule has 128 valence electrons. The van der Waals surface area contributed by atoms with E-state index in [2.05, 4.69) is 4.98 Å². The number of amides is 1. The molecule has 1 amide bonds. The van der Waals surface area contributed by atoms with E-state index in [1.807, 2.05) is 39.8 Å². The number of hydrogen-bond donors (Lipinski definition) is 0. The highest BCUT2D eigenvalue weighted by atomic mass is 32.2. The van der Waals surface area contributed by atoms with Gasteiger partial charge in [-0.3, -0.25) is 4.21 Å². The van der Waals surface area contributed by atoms with Crippen LogP contribution in [0.15, 0.2) is 23.4 Å². The van der Waals surface area contributed by atoms with Crippen molar-refractivity contribution in [3.63, 3.8) is 0 Å². The molecule has 1 fully saturated rings. The van der Waals surface area contributed by atoms with Crippen LogP contribution in [0.3, 0.4) is 0 Å². The van der Waals surface area contributed by atoms with Crippen LogP contribution < -0.4 is 0 Å². The first-order valence-corrected chi connectivity index (χ1v) is 9.35. The summed E-state index contributed by atoms with van der Waals surface area (Å²) >= 11 is 0. The van der Waals surface area contributed by atoms with Crippen molar-refractivity contribution in [3.8, 4) is 0 Å². The van der Waals surface area contributed by atoms with Gasteiger partial charge in [-0.2, -0.15) is 0 Å². The fourth-order valence-corrected chi connectivity index (χ4v) is 3.99. The molecule has 0 aliphatic carbocycles. The average molecular weight is 338 g/mol. The Kier molecular flexibility index (Phi) is 5.79. The lowest BCUT2D eigenvalue weighted by Gasteiger charge is -2.33. The third kappa shape index (κ3) is 5.61. The zero-order chi connectivity index (χ0) is 17.0. The number of piperidine rings is 1. The summed E-state index contributed by atoms with van der Waals surface area (Å²) in [6.45, 7) is 8.88. The second kappa shape index (κ2) is 7.43. The predicted octanol–water partition coefficient (Wildman–Crippen LogP) is 3.14. The highest BCUT2D eigenvalue weighted by molar-refractivity contribution is 7.84. The number of pyridine rings is 1. The molecule has 2 heterocycles. The van der Waals surface area contributed by atoms with E-state index in [0.29, 0.717) is 23.9 Å². The van der Waals surface area contributed by atoms with E-state index in [9.17, 15) is 9.00 Å². The van der Waals surface area contributed by atoms with Gasteiger partial charge < -0.3 is 9.64 Å². The molecule has 0 bridgehead atoms. The smallest absolute Gasteiger partial charge is 0.410 e. The SMILES string of the molecule is Cc1ccnc([S@@](=O)C[C@@H]2CCCN(C(=O)OC(C)(C)C)C2)c1. The minimum atomic E-state index is -1.13. The highest BCUT2D eigenvalue weighted by Crippen LogP contribution is 2.21.